The molecule has 2 aromatic rings. The van der Waals surface area contributed by atoms with Crippen molar-refractivity contribution in [2.75, 3.05) is 45.0 Å². The van der Waals surface area contributed by atoms with E-state index in [0.29, 0.717) is 18.7 Å². The zero-order valence-electron chi connectivity index (χ0n) is 19.0. The average molecular weight is 493 g/mol. The molecule has 34 heavy (non-hydrogen) atoms. The fraction of sp³-hybridized carbons (Fsp3) is 0.391. The van der Waals surface area contributed by atoms with Crippen LogP contribution in [0.1, 0.15) is 23.2 Å². The highest BCUT2D eigenvalue weighted by atomic mass is 32.2. The van der Waals surface area contributed by atoms with Crippen molar-refractivity contribution in [3.63, 3.8) is 0 Å². The summed E-state index contributed by atoms with van der Waals surface area (Å²) in [5.41, 5.74) is 0.244. The summed E-state index contributed by atoms with van der Waals surface area (Å²) in [6, 6.07) is 10.4. The van der Waals surface area contributed by atoms with Crippen molar-refractivity contribution in [3.05, 3.63) is 48.0 Å². The fourth-order valence-corrected chi connectivity index (χ4v) is 4.85. The fourth-order valence-electron chi connectivity index (χ4n) is 3.74. The van der Waals surface area contributed by atoms with Gasteiger partial charge in [-0.3, -0.25) is 10.1 Å². The van der Waals surface area contributed by atoms with Crippen molar-refractivity contribution >= 4 is 27.5 Å². The summed E-state index contributed by atoms with van der Waals surface area (Å²) in [4.78, 5) is 27.4. The zero-order chi connectivity index (χ0) is 24.7. The number of aliphatic hydroxyl groups is 1. The number of nitrogens with zero attached hydrogens (tertiary/aromatic N) is 1. The van der Waals surface area contributed by atoms with Crippen LogP contribution in [0.2, 0.25) is 0 Å². The van der Waals surface area contributed by atoms with Crippen LogP contribution < -0.4 is 14.8 Å². The molecule has 0 bridgehead atoms. The number of likely N-dealkylation sites (tertiary alicyclic amines) is 1. The first-order valence-electron chi connectivity index (χ1n) is 10.7. The molecule has 0 aliphatic carbocycles. The number of rotatable bonds is 9. The Bertz CT molecular complexity index is 1120. The Morgan fingerprint density at radius 3 is 2.44 bits per heavy atom. The number of nitrogens with one attached hydrogen (secondary N) is 1. The van der Waals surface area contributed by atoms with Gasteiger partial charge in [-0.05, 0) is 31.0 Å². The smallest absolute Gasteiger partial charge is 0.411 e. The van der Waals surface area contributed by atoms with Gasteiger partial charge in [0.05, 0.1) is 48.8 Å². The van der Waals surface area contributed by atoms with E-state index < -0.39 is 21.7 Å². The molecule has 1 aliphatic heterocycles. The molecule has 11 heteroatoms. The molecule has 1 aliphatic rings. The van der Waals surface area contributed by atoms with Crippen LogP contribution >= 0.6 is 0 Å². The number of amides is 2. The number of aliphatic hydroxyl groups excluding tert-OH is 1. The van der Waals surface area contributed by atoms with Crippen LogP contribution in [-0.4, -0.2) is 76.2 Å². The molecular weight excluding hydrogens is 464 g/mol. The lowest BCUT2D eigenvalue weighted by molar-refractivity contribution is 0.0678. The van der Waals surface area contributed by atoms with E-state index in [9.17, 15) is 23.1 Å². The normalized spacial score (nSPS) is 15.6. The predicted octanol–water partition coefficient (Wildman–Crippen LogP) is 2.32. The van der Waals surface area contributed by atoms with Gasteiger partial charge in [-0.15, -0.1) is 0 Å². The Morgan fingerprint density at radius 1 is 1.12 bits per heavy atom. The molecule has 0 saturated carbocycles. The van der Waals surface area contributed by atoms with Gasteiger partial charge in [-0.1, -0.05) is 18.2 Å². The largest absolute Gasteiger partial charge is 0.493 e. The molecule has 184 valence electrons. The molecule has 1 saturated heterocycles. The highest BCUT2D eigenvalue weighted by Gasteiger charge is 2.31. The van der Waals surface area contributed by atoms with Gasteiger partial charge in [0.2, 0.25) is 0 Å². The van der Waals surface area contributed by atoms with Crippen LogP contribution in [0.4, 0.5) is 10.5 Å². The van der Waals surface area contributed by atoms with Gasteiger partial charge in [-0.2, -0.15) is 0 Å². The van der Waals surface area contributed by atoms with Gasteiger partial charge in [0.25, 0.3) is 5.91 Å². The number of hydrogen-bond acceptors (Lipinski definition) is 8. The maximum absolute atomic E-state index is 13.2. The van der Waals surface area contributed by atoms with E-state index >= 15 is 0 Å². The van der Waals surface area contributed by atoms with E-state index in [1.807, 2.05) is 0 Å². The molecule has 10 nitrogen and oxygen atoms in total. The Balaban J connectivity index is 1.75. The summed E-state index contributed by atoms with van der Waals surface area (Å²) in [6.07, 6.45) is 0.505. The summed E-state index contributed by atoms with van der Waals surface area (Å²) in [5, 5.41) is 12.1. The Morgan fingerprint density at radius 2 is 1.79 bits per heavy atom. The SMILES string of the molecule is COc1cc(NC(=O)OCCS(=O)(=O)c2ccccc2)c(C(=O)N2CCCC2CO)cc1OC. The molecule has 2 amide bonds. The molecule has 0 spiro atoms. The van der Waals surface area contributed by atoms with E-state index in [4.69, 9.17) is 14.2 Å². The maximum atomic E-state index is 13.2. The van der Waals surface area contributed by atoms with Crippen LogP contribution in [0.25, 0.3) is 0 Å². The van der Waals surface area contributed by atoms with Crippen LogP contribution in [0.3, 0.4) is 0 Å². The number of methoxy groups -OCH3 is 2. The van der Waals surface area contributed by atoms with Gasteiger partial charge in [0, 0.05) is 12.6 Å². The second-order valence-electron chi connectivity index (χ2n) is 7.62. The Labute approximate surface area is 198 Å². The van der Waals surface area contributed by atoms with Crippen LogP contribution in [0.5, 0.6) is 11.5 Å². The number of carbonyl (C=O) groups excluding carboxylic acids is 2. The Hall–Kier alpha value is -3.31. The minimum atomic E-state index is -3.62. The lowest BCUT2D eigenvalue weighted by Gasteiger charge is -2.25. The molecule has 2 aromatic carbocycles. The summed E-state index contributed by atoms with van der Waals surface area (Å²) >= 11 is 0. The van der Waals surface area contributed by atoms with Crippen molar-refractivity contribution in [3.8, 4) is 11.5 Å². The maximum Gasteiger partial charge on any atom is 0.411 e. The molecule has 0 aromatic heterocycles. The van der Waals surface area contributed by atoms with Crippen molar-refractivity contribution in [2.24, 2.45) is 0 Å². The second kappa shape index (κ2) is 11.2. The lowest BCUT2D eigenvalue weighted by atomic mass is 10.1. The quantitative estimate of drug-likeness (QED) is 0.545. The predicted molar refractivity (Wildman–Crippen MR) is 124 cm³/mol. The van der Waals surface area contributed by atoms with E-state index in [2.05, 4.69) is 5.32 Å². The minimum Gasteiger partial charge on any atom is -0.493 e. The topological polar surface area (TPSA) is 131 Å². The first-order chi connectivity index (χ1) is 16.3. The van der Waals surface area contributed by atoms with Gasteiger partial charge < -0.3 is 24.2 Å². The van der Waals surface area contributed by atoms with Crippen molar-refractivity contribution < 1.29 is 37.3 Å². The van der Waals surface area contributed by atoms with E-state index in [-0.39, 0.29) is 47.1 Å². The molecule has 3 rings (SSSR count). The number of hydrogen-bond donors (Lipinski definition) is 2. The zero-order valence-corrected chi connectivity index (χ0v) is 19.8. The molecule has 1 heterocycles. The van der Waals surface area contributed by atoms with E-state index in [0.717, 1.165) is 6.42 Å². The van der Waals surface area contributed by atoms with E-state index in [1.165, 1.54) is 38.5 Å². The van der Waals surface area contributed by atoms with Crippen LogP contribution in [0.15, 0.2) is 47.4 Å². The van der Waals surface area contributed by atoms with Gasteiger partial charge in [-0.25, -0.2) is 13.2 Å². The minimum absolute atomic E-state index is 0.113. The third-order valence-electron chi connectivity index (χ3n) is 5.53. The third kappa shape index (κ3) is 5.78. The monoisotopic (exact) mass is 492 g/mol. The van der Waals surface area contributed by atoms with Crippen molar-refractivity contribution in [1.82, 2.24) is 4.90 Å². The highest BCUT2D eigenvalue weighted by molar-refractivity contribution is 7.91. The number of carbonyl (C=O) groups is 2. The standard InChI is InChI=1S/C23H28N2O8S/c1-31-20-13-18(22(27)25-10-6-7-16(25)15-26)19(14-21(20)32-2)24-23(28)33-11-12-34(29,30)17-8-4-3-5-9-17/h3-5,8-9,13-14,16,26H,6-7,10-12,15H2,1-2H3,(H,24,28). The van der Waals surface area contributed by atoms with Crippen molar-refractivity contribution in [2.45, 2.75) is 23.8 Å². The number of sulfone groups is 1. The molecule has 1 unspecified atom stereocenters. The summed E-state index contributed by atoms with van der Waals surface area (Å²) < 4.78 is 40.4. The second-order valence-corrected chi connectivity index (χ2v) is 9.73. The average Bonchev–Trinajstić information content (AvgIpc) is 3.32. The lowest BCUT2D eigenvalue weighted by Crippen LogP contribution is -2.38. The molecule has 0 radical (unpaired) electrons. The number of ether oxygens (including phenoxy) is 3. The molecule has 2 N–H and O–H groups in total. The first kappa shape index (κ1) is 25.3. The van der Waals surface area contributed by atoms with Crippen LogP contribution in [0, 0.1) is 0 Å². The Kier molecular flexibility index (Phi) is 8.35. The van der Waals surface area contributed by atoms with Gasteiger partial charge in [0.15, 0.2) is 21.3 Å². The van der Waals surface area contributed by atoms with E-state index in [1.54, 1.807) is 23.1 Å². The van der Waals surface area contributed by atoms with Gasteiger partial charge in [0.1, 0.15) is 6.61 Å². The first-order valence-corrected chi connectivity index (χ1v) is 12.4. The molecule has 1 atom stereocenters. The third-order valence-corrected chi connectivity index (χ3v) is 7.22. The summed E-state index contributed by atoms with van der Waals surface area (Å²) in [6.45, 7) is -0.0717. The molecular formula is C23H28N2O8S. The van der Waals surface area contributed by atoms with Gasteiger partial charge >= 0.3 is 6.09 Å². The van der Waals surface area contributed by atoms with Crippen LogP contribution in [-0.2, 0) is 14.6 Å². The number of benzene rings is 2. The molecule has 1 fully saturated rings. The van der Waals surface area contributed by atoms with Crippen molar-refractivity contribution in [1.29, 1.82) is 0 Å². The highest BCUT2D eigenvalue weighted by Crippen LogP contribution is 2.35. The summed E-state index contributed by atoms with van der Waals surface area (Å²) in [7, 11) is -0.778. The summed E-state index contributed by atoms with van der Waals surface area (Å²) in [5.74, 6) is -0.215. The number of anilines is 1.